The third-order valence-electron chi connectivity index (χ3n) is 5.22. The van der Waals surface area contributed by atoms with E-state index in [9.17, 15) is 18.0 Å². The first-order chi connectivity index (χ1) is 13.4. The Morgan fingerprint density at radius 3 is 2.43 bits per heavy atom. The fourth-order valence-electron chi connectivity index (χ4n) is 3.31. The molecule has 154 valence electrons. The molecule has 0 radical (unpaired) electrons. The van der Waals surface area contributed by atoms with E-state index < -0.39 is 21.8 Å². The molecule has 8 nitrogen and oxygen atoms in total. The summed E-state index contributed by atoms with van der Waals surface area (Å²) in [6.45, 7) is 1.59. The Morgan fingerprint density at radius 1 is 1.11 bits per heavy atom. The lowest BCUT2D eigenvalue weighted by molar-refractivity contribution is -0.139. The Bertz CT molecular complexity index is 815. The summed E-state index contributed by atoms with van der Waals surface area (Å²) in [5.74, 6) is -0.487. The first kappa shape index (κ1) is 20.6. The molecule has 0 spiro atoms. The van der Waals surface area contributed by atoms with Gasteiger partial charge >= 0.3 is 11.8 Å². The van der Waals surface area contributed by atoms with E-state index in [4.69, 9.17) is 4.74 Å². The highest BCUT2D eigenvalue weighted by Gasteiger charge is 2.41. The second kappa shape index (κ2) is 8.91. The molecule has 2 N–H and O–H groups in total. The summed E-state index contributed by atoms with van der Waals surface area (Å²) in [6, 6.07) is 7.25. The number of amides is 2. The zero-order valence-corrected chi connectivity index (χ0v) is 16.8. The number of carbonyl (C=O) groups is 2. The molecule has 1 saturated heterocycles. The van der Waals surface area contributed by atoms with Crippen LogP contribution in [0, 0.1) is 5.92 Å². The maximum Gasteiger partial charge on any atom is 0.309 e. The average molecular weight is 410 g/mol. The Balaban J connectivity index is 1.37. The van der Waals surface area contributed by atoms with Crippen molar-refractivity contribution in [2.45, 2.75) is 37.5 Å². The van der Waals surface area contributed by atoms with Gasteiger partial charge in [0.25, 0.3) is 0 Å². The van der Waals surface area contributed by atoms with Crippen molar-refractivity contribution in [3.63, 3.8) is 0 Å². The molecule has 1 aromatic rings. The molecule has 0 bridgehead atoms. The van der Waals surface area contributed by atoms with E-state index in [1.165, 1.54) is 0 Å². The van der Waals surface area contributed by atoms with Crippen LogP contribution in [-0.4, -0.2) is 56.5 Å². The number of rotatable bonds is 7. The Labute approximate surface area is 165 Å². The zero-order chi connectivity index (χ0) is 20.1. The monoisotopic (exact) mass is 409 g/mol. The number of piperidine rings is 1. The number of benzene rings is 1. The number of sulfonamides is 1. The minimum Gasteiger partial charge on any atom is -0.497 e. The summed E-state index contributed by atoms with van der Waals surface area (Å²) in [7, 11) is -1.56. The van der Waals surface area contributed by atoms with E-state index in [2.05, 4.69) is 10.6 Å². The summed E-state index contributed by atoms with van der Waals surface area (Å²) < 4.78 is 31.2. The van der Waals surface area contributed by atoms with Crippen LogP contribution in [0.15, 0.2) is 24.3 Å². The fourth-order valence-corrected chi connectivity index (χ4v) is 5.18. The molecule has 1 aliphatic carbocycles. The van der Waals surface area contributed by atoms with E-state index in [-0.39, 0.29) is 17.7 Å². The lowest BCUT2D eigenvalue weighted by Crippen LogP contribution is -2.45. The predicted molar refractivity (Wildman–Crippen MR) is 104 cm³/mol. The van der Waals surface area contributed by atoms with Crippen molar-refractivity contribution in [2.24, 2.45) is 5.92 Å². The van der Waals surface area contributed by atoms with Crippen LogP contribution in [0.1, 0.15) is 31.2 Å². The van der Waals surface area contributed by atoms with Gasteiger partial charge in [0.15, 0.2) is 0 Å². The van der Waals surface area contributed by atoms with Gasteiger partial charge in [0.1, 0.15) is 5.75 Å². The molecule has 2 fully saturated rings. The third-order valence-corrected chi connectivity index (χ3v) is 7.62. The lowest BCUT2D eigenvalue weighted by Gasteiger charge is -2.31. The number of ether oxygens (including phenoxy) is 1. The maximum absolute atomic E-state index is 12.2. The maximum atomic E-state index is 12.2. The topological polar surface area (TPSA) is 105 Å². The van der Waals surface area contributed by atoms with Crippen LogP contribution >= 0.6 is 0 Å². The van der Waals surface area contributed by atoms with Gasteiger partial charge < -0.3 is 15.4 Å². The van der Waals surface area contributed by atoms with Gasteiger partial charge in [-0.3, -0.25) is 9.59 Å². The Kier molecular flexibility index (Phi) is 6.56. The van der Waals surface area contributed by atoms with Crippen LogP contribution in [0.2, 0.25) is 0 Å². The fraction of sp³-hybridized carbons (Fsp3) is 0.579. The summed E-state index contributed by atoms with van der Waals surface area (Å²) in [5.41, 5.74) is 0.838. The number of nitrogens with one attached hydrogen (secondary N) is 2. The summed E-state index contributed by atoms with van der Waals surface area (Å²) >= 11 is 0. The highest BCUT2D eigenvalue weighted by Crippen LogP contribution is 2.33. The first-order valence-electron chi connectivity index (χ1n) is 9.58. The van der Waals surface area contributed by atoms with Gasteiger partial charge in [-0.15, -0.1) is 0 Å². The molecule has 0 unspecified atom stereocenters. The highest BCUT2D eigenvalue weighted by molar-refractivity contribution is 7.90. The normalized spacial score (nSPS) is 18.5. The zero-order valence-electron chi connectivity index (χ0n) is 16.0. The van der Waals surface area contributed by atoms with E-state index in [1.807, 2.05) is 12.1 Å². The minimum atomic E-state index is -3.12. The van der Waals surface area contributed by atoms with Gasteiger partial charge in [0.05, 0.1) is 12.4 Å². The molecule has 28 heavy (non-hydrogen) atoms. The first-order valence-corrected chi connectivity index (χ1v) is 11.1. The van der Waals surface area contributed by atoms with Gasteiger partial charge in [-0.1, -0.05) is 12.1 Å². The molecule has 1 aromatic carbocycles. The van der Waals surface area contributed by atoms with Crippen LogP contribution in [0.4, 0.5) is 0 Å². The smallest absolute Gasteiger partial charge is 0.309 e. The van der Waals surface area contributed by atoms with Crippen molar-refractivity contribution in [3.8, 4) is 5.75 Å². The average Bonchev–Trinajstić information content (AvgIpc) is 3.56. The molecule has 9 heteroatoms. The molecule has 2 amide bonds. The second-order valence-electron chi connectivity index (χ2n) is 7.33. The van der Waals surface area contributed by atoms with Crippen molar-refractivity contribution in [1.29, 1.82) is 0 Å². The number of nitrogens with zero attached hydrogens (tertiary/aromatic N) is 1. The van der Waals surface area contributed by atoms with Crippen molar-refractivity contribution < 1.29 is 22.7 Å². The number of carbonyl (C=O) groups excluding carboxylic acids is 2. The number of methoxy groups -OCH3 is 1. The molecule has 0 aromatic heterocycles. The molecule has 1 aliphatic heterocycles. The largest absolute Gasteiger partial charge is 0.497 e. The van der Waals surface area contributed by atoms with Crippen molar-refractivity contribution in [2.75, 3.05) is 26.7 Å². The van der Waals surface area contributed by atoms with Crippen molar-refractivity contribution >= 4 is 21.8 Å². The molecule has 0 atom stereocenters. The highest BCUT2D eigenvalue weighted by atomic mass is 32.2. The third kappa shape index (κ3) is 5.23. The SMILES string of the molecule is COc1cccc(CNC(=O)C(=O)NCC2CCN(S(=O)(=O)C3CC3)CC2)c1. The second-order valence-corrected chi connectivity index (χ2v) is 9.54. The van der Waals surface area contributed by atoms with Crippen LogP contribution < -0.4 is 15.4 Å². The van der Waals surface area contributed by atoms with Gasteiger partial charge in [-0.05, 0) is 49.3 Å². The van der Waals surface area contributed by atoms with Gasteiger partial charge in [-0.25, -0.2) is 12.7 Å². The lowest BCUT2D eigenvalue weighted by atomic mass is 9.98. The quantitative estimate of drug-likeness (QED) is 0.643. The summed E-state index contributed by atoms with van der Waals surface area (Å²) in [6.07, 6.45) is 2.92. The van der Waals surface area contributed by atoms with Gasteiger partial charge in [-0.2, -0.15) is 0 Å². The molecule has 2 aliphatic rings. The van der Waals surface area contributed by atoms with E-state index in [0.717, 1.165) is 18.4 Å². The van der Waals surface area contributed by atoms with Crippen LogP contribution in [0.25, 0.3) is 0 Å². The van der Waals surface area contributed by atoms with E-state index >= 15 is 0 Å². The van der Waals surface area contributed by atoms with Crippen molar-refractivity contribution in [1.82, 2.24) is 14.9 Å². The van der Waals surface area contributed by atoms with E-state index in [0.29, 0.717) is 38.2 Å². The Morgan fingerprint density at radius 2 is 1.79 bits per heavy atom. The number of hydrogen-bond acceptors (Lipinski definition) is 5. The standard InChI is InChI=1S/C19H27N3O5S/c1-27-16-4-2-3-15(11-16)13-21-19(24)18(23)20-12-14-7-9-22(10-8-14)28(25,26)17-5-6-17/h2-4,11,14,17H,5-10,12-13H2,1H3,(H,20,23)(H,21,24). The number of hydrogen-bond donors (Lipinski definition) is 2. The molecule has 1 heterocycles. The van der Waals surface area contributed by atoms with Gasteiger partial charge in [0.2, 0.25) is 10.0 Å². The van der Waals surface area contributed by atoms with Crippen LogP contribution in [0.5, 0.6) is 5.75 Å². The molecule has 3 rings (SSSR count). The Hall–Kier alpha value is -2.13. The summed E-state index contributed by atoms with van der Waals surface area (Å²) in [4.78, 5) is 24.0. The van der Waals surface area contributed by atoms with E-state index in [1.54, 1.807) is 23.5 Å². The van der Waals surface area contributed by atoms with Crippen LogP contribution in [0.3, 0.4) is 0 Å². The van der Waals surface area contributed by atoms with Gasteiger partial charge in [0, 0.05) is 26.2 Å². The summed E-state index contributed by atoms with van der Waals surface area (Å²) in [5, 5.41) is 5.06. The molecular weight excluding hydrogens is 382 g/mol. The molecular formula is C19H27N3O5S. The van der Waals surface area contributed by atoms with Crippen molar-refractivity contribution in [3.05, 3.63) is 29.8 Å². The predicted octanol–water partition coefficient (Wildman–Crippen LogP) is 0.632. The minimum absolute atomic E-state index is 0.181. The molecule has 1 saturated carbocycles. The van der Waals surface area contributed by atoms with Crippen LogP contribution in [-0.2, 0) is 26.2 Å².